The number of hydrogen-bond acceptors (Lipinski definition) is 4. The molecule has 0 radical (unpaired) electrons. The number of imidazole rings is 1. The van der Waals surface area contributed by atoms with Gasteiger partial charge < -0.3 is 19.3 Å². The van der Waals surface area contributed by atoms with Gasteiger partial charge >= 0.3 is 0 Å². The molecule has 2 fully saturated rings. The third-order valence-corrected chi connectivity index (χ3v) is 4.89. The van der Waals surface area contributed by atoms with Gasteiger partial charge in [-0.05, 0) is 0 Å². The van der Waals surface area contributed by atoms with E-state index in [1.54, 1.807) is 10.7 Å². The molecule has 2 aliphatic rings. The SMILES string of the molecule is Cn1ccn2ncc(C(=O)N3C[C@H]4COC[C@@]4(CO)C3)c12. The Balaban J connectivity index is 1.66. The van der Waals surface area contributed by atoms with E-state index < -0.39 is 0 Å². The standard InChI is InChI=1S/C14H18N4O3/c1-16-2-3-18-12(16)11(4-15-18)13(20)17-5-10-6-21-9-14(10,7-17)8-19/h2-4,10,19H,5-9H2,1H3/t10-,14-/m0/s1. The van der Waals surface area contributed by atoms with Crippen molar-refractivity contribution < 1.29 is 14.6 Å². The van der Waals surface area contributed by atoms with Crippen LogP contribution in [0.25, 0.3) is 5.65 Å². The molecular formula is C14H18N4O3. The van der Waals surface area contributed by atoms with E-state index in [1.165, 1.54) is 0 Å². The van der Waals surface area contributed by atoms with Gasteiger partial charge in [0.2, 0.25) is 0 Å². The first kappa shape index (κ1) is 12.8. The highest BCUT2D eigenvalue weighted by Gasteiger charge is 2.51. The van der Waals surface area contributed by atoms with Crippen LogP contribution in [0.5, 0.6) is 0 Å². The zero-order valence-corrected chi connectivity index (χ0v) is 11.9. The number of ether oxygens (including phenoxy) is 1. The number of rotatable bonds is 2. The second-order valence-electron chi connectivity index (χ2n) is 6.15. The Bertz CT molecular complexity index is 706. The first-order chi connectivity index (χ1) is 10.1. The highest BCUT2D eigenvalue weighted by molar-refractivity contribution is 6.00. The molecule has 2 aromatic heterocycles. The van der Waals surface area contributed by atoms with Crippen LogP contribution in [0.15, 0.2) is 18.6 Å². The van der Waals surface area contributed by atoms with E-state index in [-0.39, 0.29) is 23.8 Å². The van der Waals surface area contributed by atoms with Crippen molar-refractivity contribution >= 4 is 11.6 Å². The minimum Gasteiger partial charge on any atom is -0.396 e. The number of amides is 1. The number of carbonyl (C=O) groups is 1. The van der Waals surface area contributed by atoms with Crippen LogP contribution in [0.1, 0.15) is 10.4 Å². The van der Waals surface area contributed by atoms with Gasteiger partial charge in [0.05, 0.1) is 26.0 Å². The van der Waals surface area contributed by atoms with Gasteiger partial charge in [0, 0.05) is 43.9 Å². The summed E-state index contributed by atoms with van der Waals surface area (Å²) in [6, 6.07) is 0. The molecule has 4 rings (SSSR count). The minimum absolute atomic E-state index is 0.0194. The third-order valence-electron chi connectivity index (χ3n) is 4.89. The van der Waals surface area contributed by atoms with Crippen molar-refractivity contribution in [2.45, 2.75) is 0 Å². The molecule has 0 aliphatic carbocycles. The van der Waals surface area contributed by atoms with E-state index in [4.69, 9.17) is 4.74 Å². The Hall–Kier alpha value is -1.86. The number of aliphatic hydroxyl groups is 1. The van der Waals surface area contributed by atoms with E-state index in [1.807, 2.05) is 28.9 Å². The summed E-state index contributed by atoms with van der Waals surface area (Å²) in [5.41, 5.74) is 1.12. The Morgan fingerprint density at radius 2 is 2.43 bits per heavy atom. The maximum atomic E-state index is 12.8. The second kappa shape index (κ2) is 4.32. The Morgan fingerprint density at radius 3 is 3.19 bits per heavy atom. The van der Waals surface area contributed by atoms with Gasteiger partial charge in [-0.2, -0.15) is 5.10 Å². The molecule has 0 saturated carbocycles. The van der Waals surface area contributed by atoms with E-state index in [2.05, 4.69) is 5.10 Å². The normalized spacial score (nSPS) is 28.5. The monoisotopic (exact) mass is 290 g/mol. The second-order valence-corrected chi connectivity index (χ2v) is 6.15. The predicted octanol–water partition coefficient (Wildman–Crippen LogP) is -0.246. The van der Waals surface area contributed by atoms with Crippen molar-refractivity contribution in [3.63, 3.8) is 0 Å². The van der Waals surface area contributed by atoms with Crippen LogP contribution in [0.2, 0.25) is 0 Å². The molecule has 4 heterocycles. The van der Waals surface area contributed by atoms with Gasteiger partial charge in [-0.1, -0.05) is 0 Å². The van der Waals surface area contributed by atoms with Crippen molar-refractivity contribution in [2.75, 3.05) is 32.9 Å². The molecule has 0 unspecified atom stereocenters. The molecule has 2 atom stereocenters. The summed E-state index contributed by atoms with van der Waals surface area (Å²) >= 11 is 0. The maximum absolute atomic E-state index is 12.8. The van der Waals surface area contributed by atoms with Crippen molar-refractivity contribution in [1.82, 2.24) is 19.1 Å². The quantitative estimate of drug-likeness (QED) is 0.828. The van der Waals surface area contributed by atoms with Gasteiger partial charge in [-0.25, -0.2) is 4.52 Å². The van der Waals surface area contributed by atoms with E-state index in [0.717, 1.165) is 5.65 Å². The zero-order valence-electron chi connectivity index (χ0n) is 11.9. The molecule has 7 heteroatoms. The minimum atomic E-state index is -0.282. The van der Waals surface area contributed by atoms with Crippen molar-refractivity contribution in [3.05, 3.63) is 24.2 Å². The highest BCUT2D eigenvalue weighted by atomic mass is 16.5. The van der Waals surface area contributed by atoms with Crippen LogP contribution in [-0.4, -0.2) is 63.0 Å². The number of hydrogen-bond donors (Lipinski definition) is 1. The summed E-state index contributed by atoms with van der Waals surface area (Å²) in [6.07, 6.45) is 5.32. The molecule has 1 amide bonds. The fraction of sp³-hybridized carbons (Fsp3) is 0.571. The predicted molar refractivity (Wildman–Crippen MR) is 73.9 cm³/mol. The van der Waals surface area contributed by atoms with Gasteiger partial charge in [-0.3, -0.25) is 4.79 Å². The van der Waals surface area contributed by atoms with Gasteiger partial charge in [-0.15, -0.1) is 0 Å². The molecule has 1 N–H and O–H groups in total. The molecule has 0 bridgehead atoms. The van der Waals surface area contributed by atoms with Gasteiger partial charge in [0.25, 0.3) is 5.91 Å². The lowest BCUT2D eigenvalue weighted by Crippen LogP contribution is -2.36. The van der Waals surface area contributed by atoms with Crippen LogP contribution in [0.4, 0.5) is 0 Å². The number of aromatic nitrogens is 3. The topological polar surface area (TPSA) is 72.0 Å². The number of aliphatic hydroxyl groups excluding tert-OH is 1. The van der Waals surface area contributed by atoms with Crippen molar-refractivity contribution in [3.8, 4) is 0 Å². The molecule has 0 aromatic carbocycles. The lowest BCUT2D eigenvalue weighted by molar-refractivity contribution is 0.0632. The average Bonchev–Trinajstić information content (AvgIpc) is 3.18. The molecule has 2 saturated heterocycles. The van der Waals surface area contributed by atoms with E-state index in [0.29, 0.717) is 31.9 Å². The average molecular weight is 290 g/mol. The summed E-state index contributed by atoms with van der Waals surface area (Å²) < 4.78 is 9.08. The van der Waals surface area contributed by atoms with Crippen molar-refractivity contribution in [2.24, 2.45) is 18.4 Å². The smallest absolute Gasteiger partial charge is 0.259 e. The first-order valence-corrected chi connectivity index (χ1v) is 7.11. The van der Waals surface area contributed by atoms with E-state index in [9.17, 15) is 9.90 Å². The van der Waals surface area contributed by atoms with Gasteiger partial charge in [0.1, 0.15) is 11.2 Å². The first-order valence-electron chi connectivity index (χ1n) is 7.11. The maximum Gasteiger partial charge on any atom is 0.259 e. The largest absolute Gasteiger partial charge is 0.396 e. The summed E-state index contributed by atoms with van der Waals surface area (Å²) in [4.78, 5) is 14.6. The Morgan fingerprint density at radius 1 is 1.57 bits per heavy atom. The lowest BCUT2D eigenvalue weighted by Gasteiger charge is -2.24. The zero-order chi connectivity index (χ0) is 14.6. The number of fused-ring (bicyclic) bond motifs is 2. The molecule has 21 heavy (non-hydrogen) atoms. The van der Waals surface area contributed by atoms with Crippen LogP contribution in [0.3, 0.4) is 0 Å². The summed E-state index contributed by atoms with van der Waals surface area (Å²) in [6.45, 7) is 2.41. The number of nitrogens with zero attached hydrogens (tertiary/aromatic N) is 4. The lowest BCUT2D eigenvalue weighted by atomic mass is 9.82. The number of carbonyl (C=O) groups excluding carboxylic acids is 1. The van der Waals surface area contributed by atoms with Crippen LogP contribution in [0, 0.1) is 11.3 Å². The van der Waals surface area contributed by atoms with E-state index >= 15 is 0 Å². The Kier molecular flexibility index (Phi) is 2.64. The Labute approximate surface area is 121 Å². The fourth-order valence-electron chi connectivity index (χ4n) is 3.58. The van der Waals surface area contributed by atoms with Gasteiger partial charge in [0.15, 0.2) is 0 Å². The third kappa shape index (κ3) is 1.67. The summed E-state index contributed by atoms with van der Waals surface area (Å²) in [5.74, 6) is 0.208. The highest BCUT2D eigenvalue weighted by Crippen LogP contribution is 2.41. The number of aryl methyl sites for hydroxylation is 1. The molecule has 112 valence electrons. The molecule has 7 nitrogen and oxygen atoms in total. The fourth-order valence-corrected chi connectivity index (χ4v) is 3.58. The van der Waals surface area contributed by atoms with Crippen molar-refractivity contribution in [1.29, 1.82) is 0 Å². The van der Waals surface area contributed by atoms with Crippen LogP contribution in [-0.2, 0) is 11.8 Å². The molecule has 0 spiro atoms. The molecular weight excluding hydrogens is 272 g/mol. The summed E-state index contributed by atoms with van der Waals surface area (Å²) in [5, 5.41) is 13.9. The molecule has 2 aliphatic heterocycles. The van der Waals surface area contributed by atoms with Crippen LogP contribution < -0.4 is 0 Å². The number of likely N-dealkylation sites (tertiary alicyclic amines) is 1. The molecule has 2 aromatic rings. The van der Waals surface area contributed by atoms with Crippen LogP contribution >= 0.6 is 0 Å². The summed E-state index contributed by atoms with van der Waals surface area (Å²) in [7, 11) is 1.90.